The summed E-state index contributed by atoms with van der Waals surface area (Å²) < 4.78 is 0. The van der Waals surface area contributed by atoms with Crippen LogP contribution < -0.4 is 5.73 Å². The Labute approximate surface area is 78.3 Å². The molecule has 66 valence electrons. The third kappa shape index (κ3) is 2.73. The van der Waals surface area contributed by atoms with E-state index < -0.39 is 0 Å². The van der Waals surface area contributed by atoms with Crippen LogP contribution in [0.25, 0.3) is 6.08 Å². The molecule has 0 aliphatic heterocycles. The molecule has 1 aromatic rings. The summed E-state index contributed by atoms with van der Waals surface area (Å²) in [5.74, 6) is 0. The van der Waals surface area contributed by atoms with Gasteiger partial charge in [0.15, 0.2) is 0 Å². The van der Waals surface area contributed by atoms with Gasteiger partial charge < -0.3 is 5.73 Å². The number of nitriles is 1. The summed E-state index contributed by atoms with van der Waals surface area (Å²) in [5.41, 5.74) is 7.74. The van der Waals surface area contributed by atoms with E-state index in [1.54, 1.807) is 0 Å². The van der Waals surface area contributed by atoms with E-state index >= 15 is 0 Å². The van der Waals surface area contributed by atoms with Crippen LogP contribution in [-0.4, -0.2) is 6.54 Å². The number of benzene rings is 1. The van der Waals surface area contributed by atoms with Gasteiger partial charge in [-0.1, -0.05) is 24.3 Å². The molecule has 13 heavy (non-hydrogen) atoms. The molecule has 0 heterocycles. The van der Waals surface area contributed by atoms with Gasteiger partial charge in [0.2, 0.25) is 0 Å². The van der Waals surface area contributed by atoms with Gasteiger partial charge in [0, 0.05) is 6.08 Å². The molecule has 0 saturated carbocycles. The van der Waals surface area contributed by atoms with Crippen molar-refractivity contribution in [1.82, 2.24) is 0 Å². The molecule has 0 fully saturated rings. The van der Waals surface area contributed by atoms with Gasteiger partial charge >= 0.3 is 0 Å². The highest BCUT2D eigenvalue weighted by Gasteiger charge is 1.95. The first-order valence-corrected chi connectivity index (χ1v) is 4.22. The second-order valence-corrected chi connectivity index (χ2v) is 2.70. The molecule has 0 saturated heterocycles. The fraction of sp³-hybridized carbons (Fsp3) is 0.182. The normalized spacial score (nSPS) is 10.2. The van der Waals surface area contributed by atoms with Crippen molar-refractivity contribution in [1.29, 1.82) is 5.26 Å². The zero-order valence-electron chi connectivity index (χ0n) is 7.40. The summed E-state index contributed by atoms with van der Waals surface area (Å²) in [6.07, 6.45) is 4.15. The van der Waals surface area contributed by atoms with Gasteiger partial charge in [-0.05, 0) is 30.2 Å². The molecule has 0 bridgehead atoms. The highest BCUT2D eigenvalue weighted by molar-refractivity contribution is 5.55. The zero-order valence-corrected chi connectivity index (χ0v) is 7.40. The molecule has 0 aliphatic carbocycles. The zero-order chi connectivity index (χ0) is 9.52. The Hall–Kier alpha value is -1.59. The first-order valence-electron chi connectivity index (χ1n) is 4.22. The molecule has 2 N–H and O–H groups in total. The van der Waals surface area contributed by atoms with E-state index in [0.29, 0.717) is 6.54 Å². The quantitative estimate of drug-likeness (QED) is 0.706. The maximum absolute atomic E-state index is 8.39. The van der Waals surface area contributed by atoms with Gasteiger partial charge in [0.1, 0.15) is 0 Å². The lowest BCUT2D eigenvalue weighted by atomic mass is 10.0. The highest BCUT2D eigenvalue weighted by Crippen LogP contribution is 2.10. The lowest BCUT2D eigenvalue weighted by Gasteiger charge is -2.02. The lowest BCUT2D eigenvalue weighted by Crippen LogP contribution is -2.03. The van der Waals surface area contributed by atoms with E-state index in [1.165, 1.54) is 11.6 Å². The maximum Gasteiger partial charge on any atom is 0.0912 e. The smallest absolute Gasteiger partial charge is 0.0912 e. The summed E-state index contributed by atoms with van der Waals surface area (Å²) in [6, 6.07) is 9.93. The monoisotopic (exact) mass is 172 g/mol. The number of hydrogen-bond donors (Lipinski definition) is 1. The molecule has 0 spiro atoms. The van der Waals surface area contributed by atoms with Gasteiger partial charge in [-0.15, -0.1) is 0 Å². The fourth-order valence-corrected chi connectivity index (χ4v) is 1.21. The number of nitrogens with zero attached hydrogens (tertiary/aromatic N) is 1. The van der Waals surface area contributed by atoms with Crippen molar-refractivity contribution < 1.29 is 0 Å². The minimum Gasteiger partial charge on any atom is -0.330 e. The molecule has 0 radical (unpaired) electrons. The van der Waals surface area contributed by atoms with Gasteiger partial charge in [0.25, 0.3) is 0 Å². The molecule has 2 nitrogen and oxygen atoms in total. The SMILES string of the molecule is N#CC=Cc1ccccc1CCN. The molecule has 0 amide bonds. The minimum absolute atomic E-state index is 0.636. The Bertz CT molecular complexity index is 334. The molecule has 2 heteroatoms. The van der Waals surface area contributed by atoms with Gasteiger partial charge in [-0.2, -0.15) is 5.26 Å². The summed E-state index contributed by atoms with van der Waals surface area (Å²) in [4.78, 5) is 0. The first kappa shape index (κ1) is 9.50. The second-order valence-electron chi connectivity index (χ2n) is 2.70. The van der Waals surface area contributed by atoms with Crippen LogP contribution in [0, 0.1) is 11.3 Å². The predicted octanol–water partition coefficient (Wildman–Crippen LogP) is 1.72. The number of nitrogens with two attached hydrogens (primary N) is 1. The number of hydrogen-bond acceptors (Lipinski definition) is 2. The van der Waals surface area contributed by atoms with Crippen LogP contribution in [0.4, 0.5) is 0 Å². The van der Waals surface area contributed by atoms with E-state index in [9.17, 15) is 0 Å². The van der Waals surface area contributed by atoms with E-state index in [4.69, 9.17) is 11.0 Å². The van der Waals surface area contributed by atoms with E-state index in [2.05, 4.69) is 0 Å². The molecule has 0 aromatic heterocycles. The van der Waals surface area contributed by atoms with Crippen molar-refractivity contribution >= 4 is 6.08 Å². The standard InChI is InChI=1S/C11H12N2/c12-8-3-6-10-4-1-2-5-11(10)7-9-13/h1-6H,7,9,13H2. The van der Waals surface area contributed by atoms with E-state index in [-0.39, 0.29) is 0 Å². The number of rotatable bonds is 3. The Morgan fingerprint density at radius 1 is 1.38 bits per heavy atom. The third-order valence-electron chi connectivity index (χ3n) is 1.81. The average Bonchev–Trinajstić information content (AvgIpc) is 2.17. The third-order valence-corrected chi connectivity index (χ3v) is 1.81. The van der Waals surface area contributed by atoms with Crippen molar-refractivity contribution in [2.24, 2.45) is 5.73 Å². The second kappa shape index (κ2) is 5.13. The van der Waals surface area contributed by atoms with Crippen LogP contribution >= 0.6 is 0 Å². The first-order chi connectivity index (χ1) is 6.38. The Balaban J connectivity index is 2.92. The van der Waals surface area contributed by atoms with Crippen LogP contribution in [0.15, 0.2) is 30.3 Å². The Morgan fingerprint density at radius 2 is 2.15 bits per heavy atom. The van der Waals surface area contributed by atoms with Gasteiger partial charge in [-0.3, -0.25) is 0 Å². The van der Waals surface area contributed by atoms with E-state index in [0.717, 1.165) is 12.0 Å². The molecule has 0 atom stereocenters. The molecule has 0 aliphatic rings. The van der Waals surface area contributed by atoms with Crippen LogP contribution in [0.2, 0.25) is 0 Å². The van der Waals surface area contributed by atoms with Gasteiger partial charge in [0.05, 0.1) is 6.07 Å². The van der Waals surface area contributed by atoms with Crippen LogP contribution in [0.1, 0.15) is 11.1 Å². The summed E-state index contributed by atoms with van der Waals surface area (Å²) in [7, 11) is 0. The summed E-state index contributed by atoms with van der Waals surface area (Å²) >= 11 is 0. The molecule has 1 aromatic carbocycles. The minimum atomic E-state index is 0.636. The van der Waals surface area contributed by atoms with Crippen molar-refractivity contribution in [3.8, 4) is 6.07 Å². The Morgan fingerprint density at radius 3 is 2.85 bits per heavy atom. The topological polar surface area (TPSA) is 49.8 Å². The van der Waals surface area contributed by atoms with E-state index in [1.807, 2.05) is 36.4 Å². The summed E-state index contributed by atoms with van der Waals surface area (Å²) in [5, 5.41) is 8.39. The highest BCUT2D eigenvalue weighted by atomic mass is 14.5. The van der Waals surface area contributed by atoms with Gasteiger partial charge in [-0.25, -0.2) is 0 Å². The van der Waals surface area contributed by atoms with Crippen LogP contribution in [0.5, 0.6) is 0 Å². The maximum atomic E-state index is 8.39. The Kier molecular flexibility index (Phi) is 3.74. The predicted molar refractivity (Wildman–Crippen MR) is 53.8 cm³/mol. The molecular weight excluding hydrogens is 160 g/mol. The molecule has 1 rings (SSSR count). The van der Waals surface area contributed by atoms with Crippen molar-refractivity contribution in [3.05, 3.63) is 41.5 Å². The van der Waals surface area contributed by atoms with Crippen LogP contribution in [-0.2, 0) is 6.42 Å². The fourth-order valence-electron chi connectivity index (χ4n) is 1.21. The van der Waals surface area contributed by atoms with Crippen molar-refractivity contribution in [2.45, 2.75) is 6.42 Å². The largest absolute Gasteiger partial charge is 0.330 e. The van der Waals surface area contributed by atoms with Crippen LogP contribution in [0.3, 0.4) is 0 Å². The average molecular weight is 172 g/mol. The molecular formula is C11H12N2. The lowest BCUT2D eigenvalue weighted by molar-refractivity contribution is 0.966. The summed E-state index contributed by atoms with van der Waals surface area (Å²) in [6.45, 7) is 0.636. The molecule has 0 unspecified atom stereocenters. The van der Waals surface area contributed by atoms with Crippen molar-refractivity contribution in [3.63, 3.8) is 0 Å². The number of allylic oxidation sites excluding steroid dienone is 1. The van der Waals surface area contributed by atoms with Crippen molar-refractivity contribution in [2.75, 3.05) is 6.54 Å².